The standard InChI is InChI=1S/C19H17N5O/c1-13-21-17(15-8-4-3-5-9-15)22-18-16(19(25)23(2)24(13)18)11-14-7-6-10-20-12-14/h3-10,12H,1,11H2,2H3,(H,21,22). The number of aliphatic imine (C=N–C) groups is 1. The van der Waals surface area contributed by atoms with Crippen LogP contribution in [0.15, 0.2) is 71.2 Å². The molecule has 0 saturated heterocycles. The highest BCUT2D eigenvalue weighted by atomic mass is 16.1. The molecule has 0 spiro atoms. The van der Waals surface area contributed by atoms with Crippen molar-refractivity contribution in [3.05, 3.63) is 88.5 Å². The first-order valence-corrected chi connectivity index (χ1v) is 7.95. The summed E-state index contributed by atoms with van der Waals surface area (Å²) in [5.41, 5.74) is 2.46. The van der Waals surface area contributed by atoms with E-state index < -0.39 is 0 Å². The number of pyridine rings is 1. The molecule has 6 nitrogen and oxygen atoms in total. The van der Waals surface area contributed by atoms with Gasteiger partial charge < -0.3 is 5.32 Å². The van der Waals surface area contributed by atoms with Gasteiger partial charge >= 0.3 is 0 Å². The number of amidine groups is 1. The summed E-state index contributed by atoms with van der Waals surface area (Å²) < 4.78 is 3.24. The molecule has 0 unspecified atom stereocenters. The normalized spacial score (nSPS) is 13.2. The first-order valence-electron chi connectivity index (χ1n) is 7.95. The van der Waals surface area contributed by atoms with Crippen LogP contribution in [0.2, 0.25) is 0 Å². The fourth-order valence-electron chi connectivity index (χ4n) is 2.99. The second kappa shape index (κ2) is 5.90. The molecule has 0 aliphatic carbocycles. The predicted octanol–water partition coefficient (Wildman–Crippen LogP) is 2.28. The highest BCUT2D eigenvalue weighted by Crippen LogP contribution is 2.26. The average molecular weight is 331 g/mol. The summed E-state index contributed by atoms with van der Waals surface area (Å²) >= 11 is 0. The highest BCUT2D eigenvalue weighted by Gasteiger charge is 2.24. The van der Waals surface area contributed by atoms with Crippen LogP contribution in [0.5, 0.6) is 0 Å². The number of aromatic nitrogens is 3. The maximum atomic E-state index is 12.7. The summed E-state index contributed by atoms with van der Waals surface area (Å²) in [6, 6.07) is 13.6. The van der Waals surface area contributed by atoms with Crippen LogP contribution in [-0.4, -0.2) is 20.2 Å². The predicted molar refractivity (Wildman–Crippen MR) is 97.8 cm³/mol. The Morgan fingerprint density at radius 1 is 1.16 bits per heavy atom. The van der Waals surface area contributed by atoms with Gasteiger partial charge in [0.2, 0.25) is 0 Å². The van der Waals surface area contributed by atoms with Gasteiger partial charge in [-0.3, -0.25) is 9.78 Å². The third-order valence-electron chi connectivity index (χ3n) is 4.21. The number of nitrogens with zero attached hydrogens (tertiary/aromatic N) is 4. The van der Waals surface area contributed by atoms with E-state index in [1.807, 2.05) is 42.5 Å². The minimum Gasteiger partial charge on any atom is -0.325 e. The Morgan fingerprint density at radius 2 is 1.96 bits per heavy atom. The molecule has 6 heteroatoms. The molecular formula is C19H17N5O. The molecule has 0 bridgehead atoms. The summed E-state index contributed by atoms with van der Waals surface area (Å²) in [4.78, 5) is 21.6. The van der Waals surface area contributed by atoms with E-state index in [9.17, 15) is 4.79 Å². The van der Waals surface area contributed by atoms with E-state index in [1.54, 1.807) is 24.1 Å². The molecule has 2 aromatic heterocycles. The molecule has 0 radical (unpaired) electrons. The zero-order valence-electron chi connectivity index (χ0n) is 13.8. The van der Waals surface area contributed by atoms with Crippen molar-refractivity contribution < 1.29 is 0 Å². The summed E-state index contributed by atoms with van der Waals surface area (Å²) in [7, 11) is 1.72. The van der Waals surface area contributed by atoms with E-state index in [0.717, 1.165) is 11.1 Å². The van der Waals surface area contributed by atoms with Crippen molar-refractivity contribution in [2.45, 2.75) is 6.42 Å². The Morgan fingerprint density at radius 3 is 2.68 bits per heavy atom. The third kappa shape index (κ3) is 2.57. The van der Waals surface area contributed by atoms with E-state index >= 15 is 0 Å². The molecule has 1 aromatic carbocycles. The maximum absolute atomic E-state index is 12.7. The molecule has 3 heterocycles. The second-order valence-corrected chi connectivity index (χ2v) is 5.88. The van der Waals surface area contributed by atoms with E-state index in [2.05, 4.69) is 16.9 Å². The van der Waals surface area contributed by atoms with Gasteiger partial charge in [-0.25, -0.2) is 14.4 Å². The fraction of sp³-hybridized carbons (Fsp3) is 0.105. The van der Waals surface area contributed by atoms with Gasteiger partial charge in [0.15, 0.2) is 5.82 Å². The van der Waals surface area contributed by atoms with Crippen LogP contribution in [0.4, 0.5) is 5.82 Å². The molecule has 25 heavy (non-hydrogen) atoms. The molecule has 0 saturated carbocycles. The Labute approximate surface area is 144 Å². The summed E-state index contributed by atoms with van der Waals surface area (Å²) in [5, 5.41) is 3.18. The minimum absolute atomic E-state index is 0.0835. The van der Waals surface area contributed by atoms with Gasteiger partial charge in [-0.2, -0.15) is 0 Å². The third-order valence-corrected chi connectivity index (χ3v) is 4.21. The summed E-state index contributed by atoms with van der Waals surface area (Å²) in [6.07, 6.45) is 3.96. The Hall–Kier alpha value is -3.41. The first kappa shape index (κ1) is 15.1. The minimum atomic E-state index is -0.0835. The molecular weight excluding hydrogens is 314 g/mol. The quantitative estimate of drug-likeness (QED) is 0.801. The number of hydrogen-bond acceptors (Lipinski definition) is 4. The Kier molecular flexibility index (Phi) is 3.57. The van der Waals surface area contributed by atoms with Crippen molar-refractivity contribution in [3.63, 3.8) is 0 Å². The summed E-state index contributed by atoms with van der Waals surface area (Å²) in [6.45, 7) is 4.05. The van der Waals surface area contributed by atoms with Gasteiger partial charge in [0.1, 0.15) is 11.7 Å². The average Bonchev–Trinajstić information content (AvgIpc) is 2.88. The molecule has 1 aliphatic rings. The van der Waals surface area contributed by atoms with Crippen molar-refractivity contribution >= 4 is 17.5 Å². The van der Waals surface area contributed by atoms with Crippen LogP contribution >= 0.6 is 0 Å². The van der Waals surface area contributed by atoms with Gasteiger partial charge in [-0.15, -0.1) is 0 Å². The lowest BCUT2D eigenvalue weighted by Crippen LogP contribution is -2.32. The van der Waals surface area contributed by atoms with Crippen molar-refractivity contribution in [2.24, 2.45) is 12.0 Å². The van der Waals surface area contributed by atoms with Crippen LogP contribution in [-0.2, 0) is 13.5 Å². The zero-order valence-corrected chi connectivity index (χ0v) is 13.8. The fourth-order valence-corrected chi connectivity index (χ4v) is 2.99. The maximum Gasteiger partial charge on any atom is 0.272 e. The van der Waals surface area contributed by atoms with E-state index in [-0.39, 0.29) is 5.56 Å². The Balaban J connectivity index is 1.87. The van der Waals surface area contributed by atoms with Gasteiger partial charge in [0.25, 0.3) is 5.56 Å². The number of hydrogen-bond donors (Lipinski definition) is 1. The number of benzene rings is 1. The molecule has 4 rings (SSSR count). The molecule has 0 amide bonds. The van der Waals surface area contributed by atoms with E-state index in [1.165, 1.54) is 4.68 Å². The molecule has 1 N–H and O–H groups in total. The van der Waals surface area contributed by atoms with Crippen molar-refractivity contribution in [3.8, 4) is 0 Å². The van der Waals surface area contributed by atoms with E-state index in [0.29, 0.717) is 29.5 Å². The SMILES string of the molecule is C=C1NC(c2ccccc2)=Nc2c(Cc3cccnc3)c(=O)n(C)n21. The molecule has 1 aliphatic heterocycles. The van der Waals surface area contributed by atoms with Crippen molar-refractivity contribution in [1.29, 1.82) is 0 Å². The van der Waals surface area contributed by atoms with Gasteiger partial charge in [0.05, 0.1) is 5.56 Å². The van der Waals surface area contributed by atoms with Crippen molar-refractivity contribution in [1.82, 2.24) is 19.7 Å². The smallest absolute Gasteiger partial charge is 0.272 e. The number of nitrogens with one attached hydrogen (secondary N) is 1. The van der Waals surface area contributed by atoms with Gasteiger partial charge in [-0.05, 0) is 11.6 Å². The van der Waals surface area contributed by atoms with E-state index in [4.69, 9.17) is 4.99 Å². The van der Waals surface area contributed by atoms with Crippen LogP contribution in [0, 0.1) is 0 Å². The molecule has 124 valence electrons. The molecule has 3 aromatic rings. The lowest BCUT2D eigenvalue weighted by molar-refractivity contribution is 0.637. The largest absolute Gasteiger partial charge is 0.325 e. The topological polar surface area (TPSA) is 64.2 Å². The summed E-state index contributed by atoms with van der Waals surface area (Å²) in [5.74, 6) is 1.89. The lowest BCUT2D eigenvalue weighted by Gasteiger charge is -2.21. The van der Waals surface area contributed by atoms with Crippen LogP contribution in [0.1, 0.15) is 16.7 Å². The molecule has 0 fully saturated rings. The monoisotopic (exact) mass is 331 g/mol. The van der Waals surface area contributed by atoms with Crippen LogP contribution < -0.4 is 10.9 Å². The van der Waals surface area contributed by atoms with Gasteiger partial charge in [0, 0.05) is 31.4 Å². The molecule has 0 atom stereocenters. The Bertz CT molecular complexity index is 1030. The van der Waals surface area contributed by atoms with Crippen LogP contribution in [0.25, 0.3) is 5.82 Å². The number of rotatable bonds is 3. The van der Waals surface area contributed by atoms with Crippen LogP contribution in [0.3, 0.4) is 0 Å². The zero-order chi connectivity index (χ0) is 17.4. The lowest BCUT2D eigenvalue weighted by atomic mass is 10.1. The highest BCUT2D eigenvalue weighted by molar-refractivity contribution is 6.04. The second-order valence-electron chi connectivity index (χ2n) is 5.88. The van der Waals surface area contributed by atoms with Gasteiger partial charge in [-0.1, -0.05) is 43.0 Å². The van der Waals surface area contributed by atoms with Crippen molar-refractivity contribution in [2.75, 3.05) is 0 Å². The number of fused-ring (bicyclic) bond motifs is 1. The first-order chi connectivity index (χ1) is 12.1.